The second-order valence-electron chi connectivity index (χ2n) is 6.86. The molecule has 1 amide bonds. The van der Waals surface area contributed by atoms with Gasteiger partial charge in [0.1, 0.15) is 5.82 Å². The summed E-state index contributed by atoms with van der Waals surface area (Å²) in [5.41, 5.74) is 11.3. The maximum absolute atomic E-state index is 13.5. The Morgan fingerprint density at radius 3 is 2.59 bits per heavy atom. The van der Waals surface area contributed by atoms with Crippen LogP contribution >= 0.6 is 11.3 Å². The van der Waals surface area contributed by atoms with Crippen molar-refractivity contribution in [3.8, 4) is 10.4 Å². The number of hydrogen-bond acceptors (Lipinski definition) is 4. The lowest BCUT2D eigenvalue weighted by Gasteiger charge is -2.12. The van der Waals surface area contributed by atoms with E-state index in [4.69, 9.17) is 10.3 Å². The molecule has 0 saturated heterocycles. The van der Waals surface area contributed by atoms with E-state index in [0.717, 1.165) is 38.4 Å². The molecule has 4 rings (SSSR count). The first kappa shape index (κ1) is 17.7. The molecule has 1 aliphatic carbocycles. The van der Waals surface area contributed by atoms with E-state index in [0.29, 0.717) is 5.76 Å². The number of benzene rings is 1. The van der Waals surface area contributed by atoms with Crippen LogP contribution in [0.15, 0.2) is 34.9 Å². The molecule has 0 fully saturated rings. The number of thiophene rings is 1. The van der Waals surface area contributed by atoms with Crippen LogP contribution in [0.25, 0.3) is 16.0 Å². The van der Waals surface area contributed by atoms with Crippen molar-refractivity contribution in [3.05, 3.63) is 69.2 Å². The van der Waals surface area contributed by atoms with Gasteiger partial charge in [-0.3, -0.25) is 4.79 Å². The number of fused-ring (bicyclic) bond motifs is 3. The Hall–Kier alpha value is -2.73. The summed E-state index contributed by atoms with van der Waals surface area (Å²) in [7, 11) is 0. The van der Waals surface area contributed by atoms with Crippen molar-refractivity contribution in [2.75, 3.05) is 0 Å². The van der Waals surface area contributed by atoms with Gasteiger partial charge in [-0.1, -0.05) is 23.4 Å². The summed E-state index contributed by atoms with van der Waals surface area (Å²) in [6.45, 7) is 6.07. The molecule has 2 heterocycles. The molecule has 1 aromatic carbocycles. The number of aryl methyl sites for hydroxylation is 2. The Bertz CT molecular complexity index is 1080. The molecule has 0 aliphatic heterocycles. The Balaban J connectivity index is 2.04. The highest BCUT2D eigenvalue weighted by atomic mass is 32.1. The Kier molecular flexibility index (Phi) is 4.23. The Morgan fingerprint density at radius 2 is 1.93 bits per heavy atom. The fourth-order valence-corrected chi connectivity index (χ4v) is 4.92. The third-order valence-electron chi connectivity index (χ3n) is 5.05. The Labute approximate surface area is 160 Å². The first-order valence-corrected chi connectivity index (χ1v) is 9.51. The molecule has 2 aromatic heterocycles. The normalized spacial score (nSPS) is 15.7. The van der Waals surface area contributed by atoms with E-state index in [-0.39, 0.29) is 18.2 Å². The van der Waals surface area contributed by atoms with Crippen LogP contribution < -0.4 is 5.73 Å². The number of halogens is 1. The summed E-state index contributed by atoms with van der Waals surface area (Å²) in [6.07, 6.45) is 2.13. The van der Waals surface area contributed by atoms with Crippen LogP contribution in [0.4, 0.5) is 4.39 Å². The number of nitrogens with two attached hydrogens (primary N) is 1. The largest absolute Gasteiger partial charge is 0.370 e. The highest BCUT2D eigenvalue weighted by Gasteiger charge is 2.32. The minimum absolute atomic E-state index is 0.124. The second kappa shape index (κ2) is 6.46. The van der Waals surface area contributed by atoms with Crippen LogP contribution in [0.2, 0.25) is 0 Å². The van der Waals surface area contributed by atoms with Crippen LogP contribution in [0.1, 0.15) is 45.4 Å². The van der Waals surface area contributed by atoms with Crippen molar-refractivity contribution in [3.63, 3.8) is 0 Å². The molecular weight excluding hydrogens is 363 g/mol. The zero-order valence-electron chi connectivity index (χ0n) is 15.3. The van der Waals surface area contributed by atoms with E-state index >= 15 is 0 Å². The first-order valence-electron chi connectivity index (χ1n) is 8.69. The number of carbonyl (C=O) groups excluding carboxylic acids is 1. The van der Waals surface area contributed by atoms with Crippen LogP contribution in [0, 0.1) is 26.6 Å². The molecule has 0 bridgehead atoms. The molecule has 138 valence electrons. The minimum atomic E-state index is -0.409. The summed E-state index contributed by atoms with van der Waals surface area (Å²) < 4.78 is 19.1. The van der Waals surface area contributed by atoms with E-state index < -0.39 is 5.91 Å². The fraction of sp³-hybridized carbons (Fsp3) is 0.238. The lowest BCUT2D eigenvalue weighted by Crippen LogP contribution is -2.14. The maximum Gasteiger partial charge on any atom is 0.218 e. The standard InChI is InChI=1S/C21H19FN2O2S/c1-10-12(3)27-21-18(10)16(13-4-6-15(22)7-5-13)8-14(9-17(23)25)20-19(21)11(2)24-26-20/h4-8,14H,9H2,1-3H3,(H2,23,25)/t14-/m0/s1. The van der Waals surface area contributed by atoms with E-state index in [2.05, 4.69) is 19.0 Å². The average molecular weight is 382 g/mol. The third kappa shape index (κ3) is 2.90. The Morgan fingerprint density at radius 1 is 1.22 bits per heavy atom. The summed E-state index contributed by atoms with van der Waals surface area (Å²) in [5.74, 6) is -0.358. The molecule has 3 aromatic rings. The zero-order chi connectivity index (χ0) is 19.3. The van der Waals surface area contributed by atoms with Gasteiger partial charge < -0.3 is 10.3 Å². The molecule has 0 spiro atoms. The van der Waals surface area contributed by atoms with E-state index in [1.165, 1.54) is 17.0 Å². The molecule has 1 atom stereocenters. The topological polar surface area (TPSA) is 69.1 Å². The molecule has 0 radical (unpaired) electrons. The van der Waals surface area contributed by atoms with Crippen LogP contribution in [-0.4, -0.2) is 11.1 Å². The zero-order valence-corrected chi connectivity index (χ0v) is 16.1. The van der Waals surface area contributed by atoms with Crippen molar-refractivity contribution in [2.24, 2.45) is 5.73 Å². The number of carbonyl (C=O) groups is 1. The van der Waals surface area contributed by atoms with E-state index in [1.54, 1.807) is 23.5 Å². The summed E-state index contributed by atoms with van der Waals surface area (Å²) in [6, 6.07) is 6.42. The van der Waals surface area contributed by atoms with Gasteiger partial charge in [0.05, 0.1) is 11.3 Å². The third-order valence-corrected chi connectivity index (χ3v) is 6.28. The number of allylic oxidation sites excluding steroid dienone is 1. The van der Waals surface area contributed by atoms with Gasteiger partial charge >= 0.3 is 0 Å². The summed E-state index contributed by atoms with van der Waals surface area (Å²) >= 11 is 1.68. The quantitative estimate of drug-likeness (QED) is 0.702. The van der Waals surface area contributed by atoms with Crippen molar-refractivity contribution >= 4 is 22.8 Å². The average Bonchev–Trinajstić information content (AvgIpc) is 3.08. The predicted molar refractivity (Wildman–Crippen MR) is 104 cm³/mol. The number of amides is 1. The summed E-state index contributed by atoms with van der Waals surface area (Å²) in [5, 5.41) is 4.15. The van der Waals surface area contributed by atoms with Gasteiger partial charge in [-0.05, 0) is 49.6 Å². The first-order chi connectivity index (χ1) is 12.9. The smallest absolute Gasteiger partial charge is 0.218 e. The van der Waals surface area contributed by atoms with Gasteiger partial charge in [0.15, 0.2) is 5.76 Å². The minimum Gasteiger partial charge on any atom is -0.370 e. The van der Waals surface area contributed by atoms with Gasteiger partial charge in [-0.15, -0.1) is 11.3 Å². The molecule has 0 unspecified atom stereocenters. The molecule has 27 heavy (non-hydrogen) atoms. The molecule has 0 saturated carbocycles. The van der Waals surface area contributed by atoms with Crippen molar-refractivity contribution in [2.45, 2.75) is 33.1 Å². The highest BCUT2D eigenvalue weighted by molar-refractivity contribution is 7.16. The van der Waals surface area contributed by atoms with Gasteiger partial charge in [0.25, 0.3) is 0 Å². The van der Waals surface area contributed by atoms with Crippen LogP contribution in [-0.2, 0) is 4.79 Å². The second-order valence-corrected chi connectivity index (χ2v) is 8.08. The molecule has 2 N–H and O–H groups in total. The number of hydrogen-bond donors (Lipinski definition) is 1. The van der Waals surface area contributed by atoms with Gasteiger partial charge in [0.2, 0.25) is 5.91 Å². The molecular formula is C21H19FN2O2S. The lowest BCUT2D eigenvalue weighted by atomic mass is 9.92. The number of nitrogens with zero attached hydrogens (tertiary/aromatic N) is 1. The van der Waals surface area contributed by atoms with Crippen molar-refractivity contribution in [1.82, 2.24) is 5.16 Å². The van der Waals surface area contributed by atoms with Gasteiger partial charge in [-0.2, -0.15) is 0 Å². The molecule has 1 aliphatic rings. The summed E-state index contributed by atoms with van der Waals surface area (Å²) in [4.78, 5) is 14.0. The highest BCUT2D eigenvalue weighted by Crippen LogP contribution is 2.49. The lowest BCUT2D eigenvalue weighted by molar-refractivity contribution is -0.118. The monoisotopic (exact) mass is 382 g/mol. The SMILES string of the molecule is Cc1noc2c1-c1sc(C)c(C)c1C(c1ccc(F)cc1)=C[C@H]2CC(N)=O. The predicted octanol–water partition coefficient (Wildman–Crippen LogP) is 4.87. The number of rotatable bonds is 3. The molecule has 4 nitrogen and oxygen atoms in total. The van der Waals surface area contributed by atoms with Crippen molar-refractivity contribution < 1.29 is 13.7 Å². The number of aromatic nitrogens is 1. The molecule has 6 heteroatoms. The van der Waals surface area contributed by atoms with E-state index in [9.17, 15) is 9.18 Å². The van der Waals surface area contributed by atoms with E-state index in [1.807, 2.05) is 13.0 Å². The van der Waals surface area contributed by atoms with Crippen molar-refractivity contribution in [1.29, 1.82) is 0 Å². The maximum atomic E-state index is 13.5. The fourth-order valence-electron chi connectivity index (χ4n) is 3.64. The number of primary amides is 1. The van der Waals surface area contributed by atoms with Crippen LogP contribution in [0.3, 0.4) is 0 Å². The van der Waals surface area contributed by atoms with Crippen LogP contribution in [0.5, 0.6) is 0 Å². The van der Waals surface area contributed by atoms with Gasteiger partial charge in [0, 0.05) is 27.7 Å². The van der Waals surface area contributed by atoms with Gasteiger partial charge in [-0.25, -0.2) is 4.39 Å².